The molecule has 0 fully saturated rings. The molecular weight excluding hydrogens is 373 g/mol. The second-order valence-corrected chi connectivity index (χ2v) is 6.71. The van der Waals surface area contributed by atoms with Gasteiger partial charge in [-0.2, -0.15) is 0 Å². The van der Waals surface area contributed by atoms with Crippen LogP contribution in [0.4, 0.5) is 10.1 Å². The van der Waals surface area contributed by atoms with Crippen molar-refractivity contribution in [3.8, 4) is 11.5 Å². The van der Waals surface area contributed by atoms with Gasteiger partial charge in [0, 0.05) is 17.7 Å². The van der Waals surface area contributed by atoms with Gasteiger partial charge in [0.15, 0.2) is 11.5 Å². The first-order valence-electron chi connectivity index (χ1n) is 9.09. The molecule has 0 saturated carbocycles. The molecule has 2 N–H and O–H groups in total. The van der Waals surface area contributed by atoms with Crippen LogP contribution in [0.25, 0.3) is 11.0 Å². The molecule has 0 saturated heterocycles. The van der Waals surface area contributed by atoms with Crippen molar-refractivity contribution in [3.63, 3.8) is 0 Å². The summed E-state index contributed by atoms with van der Waals surface area (Å²) < 4.78 is 24.5. The SMILES string of the molecule is O=C(Nc1ccc2nc(Cc3ccccc3F)[nH]c2c1)c1ccc2c(c1)OCO2. The molecule has 1 aromatic heterocycles. The fourth-order valence-electron chi connectivity index (χ4n) is 3.29. The van der Waals surface area contributed by atoms with Gasteiger partial charge >= 0.3 is 0 Å². The number of nitrogens with one attached hydrogen (secondary N) is 2. The Morgan fingerprint density at radius 1 is 1.07 bits per heavy atom. The minimum Gasteiger partial charge on any atom is -0.454 e. The maximum Gasteiger partial charge on any atom is 0.255 e. The van der Waals surface area contributed by atoms with Crippen molar-refractivity contribution >= 4 is 22.6 Å². The molecule has 1 aliphatic heterocycles. The van der Waals surface area contributed by atoms with Crippen LogP contribution in [0.3, 0.4) is 0 Å². The number of anilines is 1. The van der Waals surface area contributed by atoms with Gasteiger partial charge in [0.05, 0.1) is 11.0 Å². The van der Waals surface area contributed by atoms with E-state index in [2.05, 4.69) is 15.3 Å². The van der Waals surface area contributed by atoms with E-state index in [9.17, 15) is 9.18 Å². The Morgan fingerprint density at radius 3 is 2.83 bits per heavy atom. The second-order valence-electron chi connectivity index (χ2n) is 6.71. The molecule has 0 aliphatic carbocycles. The zero-order valence-electron chi connectivity index (χ0n) is 15.2. The smallest absolute Gasteiger partial charge is 0.255 e. The summed E-state index contributed by atoms with van der Waals surface area (Å²) in [5.41, 5.74) is 3.18. The lowest BCUT2D eigenvalue weighted by atomic mass is 10.1. The number of aromatic amines is 1. The number of hydrogen-bond donors (Lipinski definition) is 2. The van der Waals surface area contributed by atoms with Gasteiger partial charge in [0.2, 0.25) is 6.79 Å². The average Bonchev–Trinajstić information content (AvgIpc) is 3.35. The summed E-state index contributed by atoms with van der Waals surface area (Å²) >= 11 is 0. The highest BCUT2D eigenvalue weighted by molar-refractivity contribution is 6.05. The molecule has 29 heavy (non-hydrogen) atoms. The van der Waals surface area contributed by atoms with Crippen LogP contribution in [0.15, 0.2) is 60.7 Å². The third-order valence-corrected chi connectivity index (χ3v) is 4.74. The van der Waals surface area contributed by atoms with Crippen molar-refractivity contribution in [1.82, 2.24) is 9.97 Å². The van der Waals surface area contributed by atoms with Crippen molar-refractivity contribution in [2.24, 2.45) is 0 Å². The number of benzene rings is 3. The van der Waals surface area contributed by atoms with Crippen molar-refractivity contribution in [3.05, 3.63) is 83.4 Å². The van der Waals surface area contributed by atoms with Gasteiger partial charge in [-0.05, 0) is 48.0 Å². The van der Waals surface area contributed by atoms with Crippen LogP contribution in [0, 0.1) is 5.82 Å². The number of H-pyrrole nitrogens is 1. The molecule has 0 bridgehead atoms. The van der Waals surface area contributed by atoms with E-state index in [0.29, 0.717) is 40.6 Å². The van der Waals surface area contributed by atoms with Crippen molar-refractivity contribution in [2.45, 2.75) is 6.42 Å². The highest BCUT2D eigenvalue weighted by Crippen LogP contribution is 2.32. The quantitative estimate of drug-likeness (QED) is 0.546. The fourth-order valence-corrected chi connectivity index (χ4v) is 3.29. The molecule has 3 aromatic carbocycles. The molecule has 0 spiro atoms. The molecule has 0 unspecified atom stereocenters. The number of ether oxygens (including phenoxy) is 2. The standard InChI is InChI=1S/C22H16FN3O3/c23-16-4-2-1-3-13(16)10-21-25-17-7-6-15(11-18(17)26-21)24-22(27)14-5-8-19-20(9-14)29-12-28-19/h1-9,11H,10,12H2,(H,24,27)(H,25,26). The maximum atomic E-state index is 13.9. The molecule has 2 heterocycles. The molecule has 0 atom stereocenters. The number of fused-ring (bicyclic) bond motifs is 2. The molecule has 7 heteroatoms. The van der Waals surface area contributed by atoms with Crippen LogP contribution >= 0.6 is 0 Å². The largest absolute Gasteiger partial charge is 0.454 e. The first-order chi connectivity index (χ1) is 14.2. The Morgan fingerprint density at radius 2 is 1.93 bits per heavy atom. The first-order valence-corrected chi connectivity index (χ1v) is 9.09. The maximum absolute atomic E-state index is 13.9. The molecule has 0 radical (unpaired) electrons. The molecule has 6 nitrogen and oxygen atoms in total. The van der Waals surface area contributed by atoms with E-state index in [-0.39, 0.29) is 18.5 Å². The summed E-state index contributed by atoms with van der Waals surface area (Å²) in [7, 11) is 0. The number of amides is 1. The molecule has 4 aromatic rings. The van der Waals surface area contributed by atoms with Gasteiger partial charge in [-0.15, -0.1) is 0 Å². The lowest BCUT2D eigenvalue weighted by molar-refractivity contribution is 0.102. The van der Waals surface area contributed by atoms with Gasteiger partial charge in [-0.1, -0.05) is 18.2 Å². The van der Waals surface area contributed by atoms with Crippen LogP contribution in [0.2, 0.25) is 0 Å². The van der Waals surface area contributed by atoms with Gasteiger partial charge < -0.3 is 19.8 Å². The number of imidazole rings is 1. The van der Waals surface area contributed by atoms with Crippen LogP contribution in [0.1, 0.15) is 21.7 Å². The van der Waals surface area contributed by atoms with Crippen molar-refractivity contribution in [1.29, 1.82) is 0 Å². The highest BCUT2D eigenvalue weighted by atomic mass is 19.1. The number of carbonyl (C=O) groups excluding carboxylic acids is 1. The van der Waals surface area contributed by atoms with Crippen LogP contribution in [-0.4, -0.2) is 22.7 Å². The van der Waals surface area contributed by atoms with E-state index < -0.39 is 0 Å². The molecular formula is C22H16FN3O3. The summed E-state index contributed by atoms with van der Waals surface area (Å²) in [5.74, 6) is 1.32. The van der Waals surface area contributed by atoms with Crippen LogP contribution < -0.4 is 14.8 Å². The molecule has 1 aliphatic rings. The van der Waals surface area contributed by atoms with E-state index >= 15 is 0 Å². The van der Waals surface area contributed by atoms with Crippen molar-refractivity contribution < 1.29 is 18.7 Å². The minimum atomic E-state index is -0.260. The van der Waals surface area contributed by atoms with Crippen molar-refractivity contribution in [2.75, 3.05) is 12.1 Å². The topological polar surface area (TPSA) is 76.2 Å². The van der Waals surface area contributed by atoms with Crippen LogP contribution in [-0.2, 0) is 6.42 Å². The van der Waals surface area contributed by atoms with E-state index in [1.165, 1.54) is 6.07 Å². The summed E-state index contributed by atoms with van der Waals surface area (Å²) in [6, 6.07) is 17.1. The lowest BCUT2D eigenvalue weighted by Crippen LogP contribution is -2.11. The minimum absolute atomic E-state index is 0.159. The molecule has 144 valence electrons. The number of nitrogens with zero attached hydrogens (tertiary/aromatic N) is 1. The summed E-state index contributed by atoms with van der Waals surface area (Å²) in [4.78, 5) is 20.3. The Kier molecular flexibility index (Phi) is 4.13. The number of aromatic nitrogens is 2. The van der Waals surface area contributed by atoms with Gasteiger partial charge in [0.25, 0.3) is 5.91 Å². The summed E-state index contributed by atoms with van der Waals surface area (Å²) in [5, 5.41) is 2.87. The molecule has 5 rings (SSSR count). The Bertz CT molecular complexity index is 1240. The van der Waals surface area contributed by atoms with Gasteiger partial charge in [-0.3, -0.25) is 4.79 Å². The zero-order chi connectivity index (χ0) is 19.8. The fraction of sp³-hybridized carbons (Fsp3) is 0.0909. The Labute approximate surface area is 165 Å². The van der Waals surface area contributed by atoms with E-state index in [0.717, 1.165) is 11.0 Å². The molecule has 1 amide bonds. The summed E-state index contributed by atoms with van der Waals surface area (Å²) in [6.45, 7) is 0.159. The van der Waals surface area contributed by atoms with E-state index in [1.54, 1.807) is 48.5 Å². The Balaban J connectivity index is 1.36. The normalized spacial score (nSPS) is 12.3. The number of carbonyl (C=O) groups is 1. The second kappa shape index (κ2) is 6.94. The van der Waals surface area contributed by atoms with E-state index in [4.69, 9.17) is 9.47 Å². The zero-order valence-corrected chi connectivity index (χ0v) is 15.2. The third-order valence-electron chi connectivity index (χ3n) is 4.74. The van der Waals surface area contributed by atoms with E-state index in [1.807, 2.05) is 6.07 Å². The lowest BCUT2D eigenvalue weighted by Gasteiger charge is -2.06. The predicted octanol–water partition coefficient (Wildman–Crippen LogP) is 4.27. The van der Waals surface area contributed by atoms with Gasteiger partial charge in [-0.25, -0.2) is 9.37 Å². The number of hydrogen-bond acceptors (Lipinski definition) is 4. The average molecular weight is 389 g/mol. The van der Waals surface area contributed by atoms with Crippen LogP contribution in [0.5, 0.6) is 11.5 Å². The van der Waals surface area contributed by atoms with Gasteiger partial charge in [0.1, 0.15) is 11.6 Å². The summed E-state index contributed by atoms with van der Waals surface area (Å²) in [6.07, 6.45) is 0.361. The number of rotatable bonds is 4. The third kappa shape index (κ3) is 3.38. The first kappa shape index (κ1) is 17.2. The highest BCUT2D eigenvalue weighted by Gasteiger charge is 2.16. The number of halogens is 1. The Hall–Kier alpha value is -3.87. The monoisotopic (exact) mass is 389 g/mol. The predicted molar refractivity (Wildman–Crippen MR) is 106 cm³/mol.